The standard InChI is InChI=1S/C16H16BrN3O2/c1-22-15-7-4-12(8-14(15)17)10-19-20-16(21)9-11-2-5-13(18)6-3-11/h2-8,10H,9,18H2,1H3,(H,20,21)/b19-10-. The molecule has 1 amide bonds. The molecule has 6 heteroatoms. The Morgan fingerprint density at radius 1 is 1.32 bits per heavy atom. The van der Waals surface area contributed by atoms with Gasteiger partial charge in [0.25, 0.3) is 0 Å². The lowest BCUT2D eigenvalue weighted by Crippen LogP contribution is -2.19. The number of hydrogen-bond acceptors (Lipinski definition) is 4. The maximum Gasteiger partial charge on any atom is 0.244 e. The Morgan fingerprint density at radius 3 is 2.68 bits per heavy atom. The predicted molar refractivity (Wildman–Crippen MR) is 91.0 cm³/mol. The largest absolute Gasteiger partial charge is 0.496 e. The highest BCUT2D eigenvalue weighted by atomic mass is 79.9. The number of nitrogens with zero attached hydrogens (tertiary/aromatic N) is 1. The van der Waals surface area contributed by atoms with E-state index in [1.165, 1.54) is 0 Å². The number of carbonyl (C=O) groups is 1. The number of carbonyl (C=O) groups excluding carboxylic acids is 1. The minimum Gasteiger partial charge on any atom is -0.496 e. The van der Waals surface area contributed by atoms with E-state index in [0.29, 0.717) is 5.69 Å². The lowest BCUT2D eigenvalue weighted by atomic mass is 10.1. The van der Waals surface area contributed by atoms with Crippen molar-refractivity contribution in [3.8, 4) is 5.75 Å². The van der Waals surface area contributed by atoms with Crippen LogP contribution in [-0.2, 0) is 11.2 Å². The number of benzene rings is 2. The van der Waals surface area contributed by atoms with Crippen molar-refractivity contribution in [2.75, 3.05) is 12.8 Å². The first-order chi connectivity index (χ1) is 10.6. The summed E-state index contributed by atoms with van der Waals surface area (Å²) in [6.45, 7) is 0. The van der Waals surface area contributed by atoms with E-state index < -0.39 is 0 Å². The normalized spacial score (nSPS) is 10.6. The van der Waals surface area contributed by atoms with E-state index in [9.17, 15) is 4.79 Å². The fraction of sp³-hybridized carbons (Fsp3) is 0.125. The Labute approximate surface area is 137 Å². The van der Waals surface area contributed by atoms with Crippen LogP contribution in [0.4, 0.5) is 5.69 Å². The maximum atomic E-state index is 11.8. The molecule has 0 spiro atoms. The number of rotatable bonds is 5. The molecule has 0 fully saturated rings. The average molecular weight is 362 g/mol. The quantitative estimate of drug-likeness (QED) is 0.488. The Balaban J connectivity index is 1.90. The van der Waals surface area contributed by atoms with Gasteiger partial charge in [-0.05, 0) is 57.4 Å². The molecule has 22 heavy (non-hydrogen) atoms. The van der Waals surface area contributed by atoms with Gasteiger partial charge in [-0.3, -0.25) is 4.79 Å². The molecule has 0 saturated carbocycles. The number of nitrogen functional groups attached to an aromatic ring is 1. The summed E-state index contributed by atoms with van der Waals surface area (Å²) in [4.78, 5) is 11.8. The van der Waals surface area contributed by atoms with Crippen molar-refractivity contribution in [1.82, 2.24) is 5.43 Å². The van der Waals surface area contributed by atoms with Crippen LogP contribution in [0.2, 0.25) is 0 Å². The van der Waals surface area contributed by atoms with Crippen molar-refractivity contribution in [2.24, 2.45) is 5.10 Å². The summed E-state index contributed by atoms with van der Waals surface area (Å²) in [6, 6.07) is 12.7. The third kappa shape index (κ3) is 4.60. The lowest BCUT2D eigenvalue weighted by Gasteiger charge is -2.03. The van der Waals surface area contributed by atoms with Crippen molar-refractivity contribution in [3.05, 3.63) is 58.1 Å². The van der Waals surface area contributed by atoms with Crippen molar-refractivity contribution < 1.29 is 9.53 Å². The molecule has 0 atom stereocenters. The molecule has 0 saturated heterocycles. The monoisotopic (exact) mass is 361 g/mol. The van der Waals surface area contributed by atoms with E-state index >= 15 is 0 Å². The van der Waals surface area contributed by atoms with Gasteiger partial charge in [0.15, 0.2) is 0 Å². The van der Waals surface area contributed by atoms with Gasteiger partial charge in [0.05, 0.1) is 24.2 Å². The van der Waals surface area contributed by atoms with E-state index in [-0.39, 0.29) is 12.3 Å². The fourth-order valence-electron chi connectivity index (χ4n) is 1.80. The molecule has 0 aliphatic rings. The summed E-state index contributed by atoms with van der Waals surface area (Å²) in [5.41, 5.74) is 10.5. The summed E-state index contributed by atoms with van der Waals surface area (Å²) in [6.07, 6.45) is 1.83. The van der Waals surface area contributed by atoms with Crippen LogP contribution >= 0.6 is 15.9 Å². The van der Waals surface area contributed by atoms with Crippen molar-refractivity contribution >= 4 is 33.7 Å². The number of ether oxygens (including phenoxy) is 1. The molecule has 2 aromatic rings. The molecule has 0 bridgehead atoms. The third-order valence-electron chi connectivity index (χ3n) is 2.92. The third-order valence-corrected chi connectivity index (χ3v) is 3.54. The molecule has 5 nitrogen and oxygen atoms in total. The summed E-state index contributed by atoms with van der Waals surface area (Å²) in [7, 11) is 1.60. The molecule has 2 rings (SSSR count). The fourth-order valence-corrected chi connectivity index (χ4v) is 2.36. The zero-order valence-electron chi connectivity index (χ0n) is 12.0. The Kier molecular flexibility index (Phi) is 5.55. The first-order valence-corrected chi connectivity index (χ1v) is 7.37. The van der Waals surface area contributed by atoms with Crippen molar-refractivity contribution in [1.29, 1.82) is 0 Å². The van der Waals surface area contributed by atoms with Crippen LogP contribution in [0.3, 0.4) is 0 Å². The Hall–Kier alpha value is -2.34. The number of hydrazone groups is 1. The van der Waals surface area contributed by atoms with Crippen LogP contribution in [0.1, 0.15) is 11.1 Å². The molecule has 0 radical (unpaired) electrons. The van der Waals surface area contributed by atoms with Gasteiger partial charge in [0.1, 0.15) is 5.75 Å². The van der Waals surface area contributed by atoms with E-state index in [1.54, 1.807) is 25.5 Å². The zero-order valence-corrected chi connectivity index (χ0v) is 13.6. The number of hydrogen-bond donors (Lipinski definition) is 2. The smallest absolute Gasteiger partial charge is 0.244 e. The number of halogens is 1. The number of nitrogens with two attached hydrogens (primary N) is 1. The number of methoxy groups -OCH3 is 1. The van der Waals surface area contributed by atoms with Gasteiger partial charge in [-0.15, -0.1) is 0 Å². The van der Waals surface area contributed by atoms with Crippen LogP contribution in [0.5, 0.6) is 5.75 Å². The highest BCUT2D eigenvalue weighted by molar-refractivity contribution is 9.10. The van der Waals surface area contributed by atoms with Gasteiger partial charge in [0.2, 0.25) is 5.91 Å². The van der Waals surface area contributed by atoms with Crippen LogP contribution in [0.15, 0.2) is 52.0 Å². The second kappa shape index (κ2) is 7.61. The molecule has 2 aromatic carbocycles. The minimum atomic E-state index is -0.186. The summed E-state index contributed by atoms with van der Waals surface area (Å²) in [5.74, 6) is 0.554. The first-order valence-electron chi connectivity index (χ1n) is 6.58. The van der Waals surface area contributed by atoms with Crippen molar-refractivity contribution in [2.45, 2.75) is 6.42 Å². The molecule has 0 unspecified atom stereocenters. The van der Waals surface area contributed by atoms with Crippen LogP contribution in [0, 0.1) is 0 Å². The summed E-state index contributed by atoms with van der Waals surface area (Å²) in [5, 5.41) is 3.94. The zero-order chi connectivity index (χ0) is 15.9. The van der Waals surface area contributed by atoms with Gasteiger partial charge >= 0.3 is 0 Å². The highest BCUT2D eigenvalue weighted by Crippen LogP contribution is 2.24. The second-order valence-corrected chi connectivity index (χ2v) is 5.46. The highest BCUT2D eigenvalue weighted by Gasteiger charge is 2.02. The summed E-state index contributed by atoms with van der Waals surface area (Å²) < 4.78 is 5.97. The number of anilines is 1. The predicted octanol–water partition coefficient (Wildman–Crippen LogP) is 2.73. The molecular formula is C16H16BrN3O2. The number of nitrogens with one attached hydrogen (secondary N) is 1. The molecule has 0 aliphatic carbocycles. The molecular weight excluding hydrogens is 346 g/mol. The van der Waals surface area contributed by atoms with E-state index in [0.717, 1.165) is 21.3 Å². The molecule has 0 aliphatic heterocycles. The Bertz CT molecular complexity index is 684. The average Bonchev–Trinajstić information content (AvgIpc) is 2.50. The SMILES string of the molecule is COc1ccc(/C=N\NC(=O)Cc2ccc(N)cc2)cc1Br. The van der Waals surface area contributed by atoms with Crippen LogP contribution < -0.4 is 15.9 Å². The lowest BCUT2D eigenvalue weighted by molar-refractivity contribution is -0.120. The van der Waals surface area contributed by atoms with Crippen molar-refractivity contribution in [3.63, 3.8) is 0 Å². The maximum absolute atomic E-state index is 11.8. The number of amides is 1. The summed E-state index contributed by atoms with van der Waals surface area (Å²) >= 11 is 3.39. The molecule has 3 N–H and O–H groups in total. The van der Waals surface area contributed by atoms with Crippen LogP contribution in [-0.4, -0.2) is 19.2 Å². The van der Waals surface area contributed by atoms with Gasteiger partial charge in [0, 0.05) is 5.69 Å². The Morgan fingerprint density at radius 2 is 2.05 bits per heavy atom. The van der Waals surface area contributed by atoms with Gasteiger partial charge < -0.3 is 10.5 Å². The van der Waals surface area contributed by atoms with Gasteiger partial charge in [-0.1, -0.05) is 12.1 Å². The molecule has 114 valence electrons. The van der Waals surface area contributed by atoms with E-state index in [1.807, 2.05) is 30.3 Å². The second-order valence-electron chi connectivity index (χ2n) is 4.61. The molecule has 0 aromatic heterocycles. The van der Waals surface area contributed by atoms with Crippen LogP contribution in [0.25, 0.3) is 0 Å². The van der Waals surface area contributed by atoms with E-state index in [2.05, 4.69) is 26.5 Å². The topological polar surface area (TPSA) is 76.7 Å². The van der Waals surface area contributed by atoms with E-state index in [4.69, 9.17) is 10.5 Å². The van der Waals surface area contributed by atoms with Gasteiger partial charge in [-0.2, -0.15) is 5.10 Å². The molecule has 0 heterocycles. The van der Waals surface area contributed by atoms with Gasteiger partial charge in [-0.25, -0.2) is 5.43 Å². The minimum absolute atomic E-state index is 0.186. The first kappa shape index (κ1) is 16.0.